The van der Waals surface area contributed by atoms with E-state index in [0.29, 0.717) is 18.0 Å². The van der Waals surface area contributed by atoms with Gasteiger partial charge in [0.05, 0.1) is 0 Å². The molecule has 0 saturated carbocycles. The number of benzene rings is 2. The molecule has 0 spiro atoms. The molecule has 2 aromatic carbocycles. The molecule has 0 aliphatic carbocycles. The summed E-state index contributed by atoms with van der Waals surface area (Å²) in [6.07, 6.45) is 2.18. The van der Waals surface area contributed by atoms with Gasteiger partial charge in [0, 0.05) is 56.6 Å². The summed E-state index contributed by atoms with van der Waals surface area (Å²) in [5, 5.41) is 0. The molecule has 5 rings (SSSR count). The van der Waals surface area contributed by atoms with Crippen molar-refractivity contribution in [1.29, 1.82) is 0 Å². The second-order valence-corrected chi connectivity index (χ2v) is 8.99. The van der Waals surface area contributed by atoms with Crippen LogP contribution in [0.5, 0.6) is 0 Å². The van der Waals surface area contributed by atoms with Crippen LogP contribution in [-0.2, 0) is 0 Å². The number of hydrogen-bond acceptors (Lipinski definition) is 3. The van der Waals surface area contributed by atoms with Gasteiger partial charge in [0.15, 0.2) is 11.6 Å². The first kappa shape index (κ1) is 24.2. The van der Waals surface area contributed by atoms with Gasteiger partial charge >= 0.3 is 0 Å². The molecule has 0 unspecified atom stereocenters. The molecule has 3 fully saturated rings. The highest BCUT2D eigenvalue weighted by molar-refractivity contribution is 5.85. The van der Waals surface area contributed by atoms with Gasteiger partial charge in [-0.2, -0.15) is 0 Å². The second kappa shape index (κ2) is 10.0. The first-order valence-electron chi connectivity index (χ1n) is 10.8. The van der Waals surface area contributed by atoms with E-state index in [-0.39, 0.29) is 24.8 Å². The maximum atomic E-state index is 13.6. The molecule has 7 heteroatoms. The van der Waals surface area contributed by atoms with Gasteiger partial charge in [0.25, 0.3) is 0 Å². The Morgan fingerprint density at radius 1 is 0.839 bits per heavy atom. The largest absolute Gasteiger partial charge is 0.371 e. The first-order valence-corrected chi connectivity index (χ1v) is 10.8. The Morgan fingerprint density at radius 2 is 1.55 bits per heavy atom. The van der Waals surface area contributed by atoms with E-state index in [1.165, 1.54) is 37.3 Å². The summed E-state index contributed by atoms with van der Waals surface area (Å²) in [6.45, 7) is 5.35. The van der Waals surface area contributed by atoms with Crippen LogP contribution >= 0.6 is 24.8 Å². The van der Waals surface area contributed by atoms with E-state index < -0.39 is 11.6 Å². The van der Waals surface area contributed by atoms with Gasteiger partial charge in [-0.05, 0) is 49.4 Å². The van der Waals surface area contributed by atoms with E-state index in [9.17, 15) is 8.78 Å². The number of halogens is 4. The maximum absolute atomic E-state index is 13.6. The molecule has 0 N–H and O–H groups in total. The van der Waals surface area contributed by atoms with E-state index >= 15 is 0 Å². The molecule has 0 amide bonds. The molecule has 3 saturated heterocycles. The van der Waals surface area contributed by atoms with Gasteiger partial charge in [0.1, 0.15) is 0 Å². The van der Waals surface area contributed by atoms with Crippen LogP contribution in [0.1, 0.15) is 24.4 Å². The van der Waals surface area contributed by atoms with Crippen molar-refractivity contribution < 1.29 is 8.78 Å². The van der Waals surface area contributed by atoms with Crippen molar-refractivity contribution in [3.8, 4) is 0 Å². The van der Waals surface area contributed by atoms with Gasteiger partial charge in [-0.1, -0.05) is 30.3 Å². The predicted octanol–water partition coefficient (Wildman–Crippen LogP) is 5.01. The Labute approximate surface area is 196 Å². The SMILES string of the molecule is CN1C[C@H]2CN(C3CCN(c4ccc(F)c(F)c4)CC3)C[C@H]2[C@@H]1c1ccccc1.Cl.Cl. The lowest BCUT2D eigenvalue weighted by molar-refractivity contribution is 0.167. The smallest absolute Gasteiger partial charge is 0.160 e. The normalized spacial score (nSPS) is 26.9. The number of piperidine rings is 1. The number of anilines is 1. The highest BCUT2D eigenvalue weighted by Gasteiger charge is 2.47. The van der Waals surface area contributed by atoms with Crippen molar-refractivity contribution >= 4 is 30.5 Å². The lowest BCUT2D eigenvalue weighted by Crippen LogP contribution is -2.45. The molecule has 3 aliphatic heterocycles. The minimum Gasteiger partial charge on any atom is -0.371 e. The van der Waals surface area contributed by atoms with E-state index in [4.69, 9.17) is 0 Å². The standard InChI is InChI=1S/C24H29F2N3.2ClH/c1-27-14-18-15-29(16-21(18)24(27)17-5-3-2-4-6-17)19-9-11-28(12-10-19)20-7-8-22(25)23(26)13-20;;/h2-8,13,18-19,21,24H,9-12,14-16H2,1H3;2*1H/t18-,21+,24-;;/m0../s1. The van der Waals surface area contributed by atoms with Crippen LogP contribution < -0.4 is 4.90 Å². The van der Waals surface area contributed by atoms with Crippen LogP contribution in [0.3, 0.4) is 0 Å². The zero-order valence-electron chi connectivity index (χ0n) is 17.8. The van der Waals surface area contributed by atoms with Gasteiger partial charge in [-0.25, -0.2) is 8.78 Å². The lowest BCUT2D eigenvalue weighted by Gasteiger charge is -2.38. The minimum atomic E-state index is -0.773. The van der Waals surface area contributed by atoms with Crippen LogP contribution in [0.15, 0.2) is 48.5 Å². The molecular formula is C24H31Cl2F2N3. The zero-order valence-corrected chi connectivity index (χ0v) is 19.4. The molecule has 2 aromatic rings. The molecule has 0 aromatic heterocycles. The van der Waals surface area contributed by atoms with E-state index in [2.05, 4.69) is 52.1 Å². The summed E-state index contributed by atoms with van der Waals surface area (Å²) >= 11 is 0. The van der Waals surface area contributed by atoms with Crippen molar-refractivity contribution in [2.24, 2.45) is 11.8 Å². The van der Waals surface area contributed by atoms with Gasteiger partial charge in [-0.3, -0.25) is 9.80 Å². The van der Waals surface area contributed by atoms with Crippen molar-refractivity contribution in [2.45, 2.75) is 24.9 Å². The molecular weight excluding hydrogens is 439 g/mol. The molecule has 0 bridgehead atoms. The molecule has 3 heterocycles. The zero-order chi connectivity index (χ0) is 20.0. The number of nitrogens with zero attached hydrogens (tertiary/aromatic N) is 3. The third-order valence-electron chi connectivity index (χ3n) is 7.31. The maximum Gasteiger partial charge on any atom is 0.160 e. The minimum absolute atomic E-state index is 0. The fraction of sp³-hybridized carbons (Fsp3) is 0.500. The molecule has 3 atom stereocenters. The van der Waals surface area contributed by atoms with Crippen molar-refractivity contribution in [3.05, 3.63) is 65.7 Å². The first-order chi connectivity index (χ1) is 14.1. The molecule has 3 aliphatic rings. The molecule has 31 heavy (non-hydrogen) atoms. The molecule has 0 radical (unpaired) electrons. The van der Waals surface area contributed by atoms with Crippen LogP contribution in [0.25, 0.3) is 0 Å². The fourth-order valence-electron chi connectivity index (χ4n) is 5.91. The van der Waals surface area contributed by atoms with Crippen molar-refractivity contribution in [3.63, 3.8) is 0 Å². The van der Waals surface area contributed by atoms with Crippen LogP contribution in [-0.4, -0.2) is 55.6 Å². The Balaban J connectivity index is 0.00000136. The quantitative estimate of drug-likeness (QED) is 0.625. The third kappa shape index (κ3) is 4.70. The average molecular weight is 470 g/mol. The average Bonchev–Trinajstić information content (AvgIpc) is 3.27. The monoisotopic (exact) mass is 469 g/mol. The summed E-state index contributed by atoms with van der Waals surface area (Å²) in [7, 11) is 2.26. The molecule has 3 nitrogen and oxygen atoms in total. The van der Waals surface area contributed by atoms with Crippen LogP contribution in [0, 0.1) is 23.5 Å². The third-order valence-corrected chi connectivity index (χ3v) is 7.31. The Morgan fingerprint density at radius 3 is 2.23 bits per heavy atom. The summed E-state index contributed by atoms with van der Waals surface area (Å²) in [6, 6.07) is 16.3. The highest BCUT2D eigenvalue weighted by atomic mass is 35.5. The van der Waals surface area contributed by atoms with Crippen LogP contribution in [0.4, 0.5) is 14.5 Å². The number of hydrogen-bond donors (Lipinski definition) is 0. The van der Waals surface area contributed by atoms with E-state index in [0.717, 1.165) is 37.5 Å². The second-order valence-electron chi connectivity index (χ2n) is 8.99. The van der Waals surface area contributed by atoms with E-state index in [1.54, 1.807) is 6.07 Å². The fourth-order valence-corrected chi connectivity index (χ4v) is 5.91. The van der Waals surface area contributed by atoms with Crippen molar-refractivity contribution in [2.75, 3.05) is 44.7 Å². The number of rotatable bonds is 3. The summed E-state index contributed by atoms with van der Waals surface area (Å²) in [5.41, 5.74) is 2.24. The Kier molecular flexibility index (Phi) is 7.85. The predicted molar refractivity (Wildman–Crippen MR) is 126 cm³/mol. The lowest BCUT2D eigenvalue weighted by atomic mass is 9.90. The topological polar surface area (TPSA) is 9.72 Å². The molecule has 170 valence electrons. The van der Waals surface area contributed by atoms with Crippen LogP contribution in [0.2, 0.25) is 0 Å². The number of likely N-dealkylation sites (tertiary alicyclic amines) is 2. The van der Waals surface area contributed by atoms with E-state index in [1.807, 2.05) is 0 Å². The highest BCUT2D eigenvalue weighted by Crippen LogP contribution is 2.45. The summed E-state index contributed by atoms with van der Waals surface area (Å²) in [5.74, 6) is -0.0840. The number of fused-ring (bicyclic) bond motifs is 1. The van der Waals surface area contributed by atoms with Gasteiger partial charge < -0.3 is 4.90 Å². The Hall–Kier alpha value is -1.40. The Bertz CT molecular complexity index is 861. The summed E-state index contributed by atoms with van der Waals surface area (Å²) < 4.78 is 26.8. The van der Waals surface area contributed by atoms with Gasteiger partial charge in [0.2, 0.25) is 0 Å². The van der Waals surface area contributed by atoms with Gasteiger partial charge in [-0.15, -0.1) is 24.8 Å². The van der Waals surface area contributed by atoms with Crippen molar-refractivity contribution in [1.82, 2.24) is 9.80 Å². The summed E-state index contributed by atoms with van der Waals surface area (Å²) in [4.78, 5) is 7.44.